The van der Waals surface area contributed by atoms with Crippen molar-refractivity contribution >= 4 is 0 Å². The van der Waals surface area contributed by atoms with Crippen LogP contribution in [-0.2, 0) is 6.42 Å². The molecule has 1 heterocycles. The topological polar surface area (TPSA) is 39.2 Å². The van der Waals surface area contributed by atoms with Gasteiger partial charge in [0.2, 0.25) is 0 Å². The van der Waals surface area contributed by atoms with Crippen molar-refractivity contribution < 1.29 is 4.42 Å². The Morgan fingerprint density at radius 3 is 2.75 bits per heavy atom. The van der Waals surface area contributed by atoms with E-state index in [0.717, 1.165) is 12.2 Å². The molecular formula is C14H17NO. The normalized spacial score (nSPS) is 12.7. The highest BCUT2D eigenvalue weighted by atomic mass is 16.3. The van der Waals surface area contributed by atoms with Crippen molar-refractivity contribution in [3.8, 4) is 0 Å². The summed E-state index contributed by atoms with van der Waals surface area (Å²) in [6, 6.07) is 10.2. The minimum Gasteiger partial charge on any atom is -0.469 e. The first-order chi connectivity index (χ1) is 7.66. The summed E-state index contributed by atoms with van der Waals surface area (Å²) in [5.41, 5.74) is 9.89. The fourth-order valence-electron chi connectivity index (χ4n) is 1.91. The van der Waals surface area contributed by atoms with E-state index in [1.54, 1.807) is 6.26 Å². The van der Waals surface area contributed by atoms with Crippen LogP contribution >= 0.6 is 0 Å². The highest BCUT2D eigenvalue weighted by Crippen LogP contribution is 2.21. The maximum absolute atomic E-state index is 6.20. The average Bonchev–Trinajstić information content (AvgIpc) is 2.74. The van der Waals surface area contributed by atoms with Crippen molar-refractivity contribution in [2.75, 3.05) is 0 Å². The molecule has 0 radical (unpaired) electrons. The van der Waals surface area contributed by atoms with Gasteiger partial charge in [0, 0.05) is 12.5 Å². The molecule has 0 bridgehead atoms. The minimum absolute atomic E-state index is 0.00560. The number of benzene rings is 1. The molecule has 2 N–H and O–H groups in total. The third-order valence-corrected chi connectivity index (χ3v) is 2.84. The van der Waals surface area contributed by atoms with E-state index in [-0.39, 0.29) is 6.04 Å². The van der Waals surface area contributed by atoms with Crippen LogP contribution in [-0.4, -0.2) is 0 Å². The Morgan fingerprint density at radius 2 is 2.06 bits per heavy atom. The molecule has 2 aromatic rings. The summed E-state index contributed by atoms with van der Waals surface area (Å²) < 4.78 is 5.32. The number of rotatable bonds is 3. The first-order valence-electron chi connectivity index (χ1n) is 5.52. The molecular weight excluding hydrogens is 198 g/mol. The lowest BCUT2D eigenvalue weighted by Crippen LogP contribution is -2.14. The number of aryl methyl sites for hydroxylation is 2. The smallest absolute Gasteiger partial charge is 0.105 e. The van der Waals surface area contributed by atoms with Gasteiger partial charge in [-0.25, -0.2) is 0 Å². The molecule has 0 saturated carbocycles. The van der Waals surface area contributed by atoms with E-state index in [0.29, 0.717) is 0 Å². The number of hydrogen-bond donors (Lipinski definition) is 1. The van der Waals surface area contributed by atoms with Crippen molar-refractivity contribution in [3.05, 3.63) is 59.0 Å². The Morgan fingerprint density at radius 1 is 1.25 bits per heavy atom. The zero-order valence-electron chi connectivity index (χ0n) is 9.73. The Hall–Kier alpha value is -1.54. The number of furan rings is 1. The Labute approximate surface area is 96.1 Å². The van der Waals surface area contributed by atoms with E-state index < -0.39 is 0 Å². The predicted octanol–water partition coefficient (Wildman–Crippen LogP) is 3.14. The Bertz CT molecular complexity index is 460. The molecule has 1 unspecified atom stereocenters. The monoisotopic (exact) mass is 215 g/mol. The third-order valence-electron chi connectivity index (χ3n) is 2.84. The fraction of sp³-hybridized carbons (Fsp3) is 0.286. The number of hydrogen-bond acceptors (Lipinski definition) is 2. The van der Waals surface area contributed by atoms with E-state index in [9.17, 15) is 0 Å². The summed E-state index contributed by atoms with van der Waals surface area (Å²) >= 11 is 0. The van der Waals surface area contributed by atoms with Gasteiger partial charge in [-0.15, -0.1) is 0 Å². The van der Waals surface area contributed by atoms with E-state index >= 15 is 0 Å². The van der Waals surface area contributed by atoms with Gasteiger partial charge in [-0.1, -0.05) is 23.8 Å². The molecule has 1 aromatic heterocycles. The molecule has 1 atom stereocenters. The predicted molar refractivity (Wildman–Crippen MR) is 65.3 cm³/mol. The molecule has 0 saturated heterocycles. The van der Waals surface area contributed by atoms with Crippen LogP contribution in [0, 0.1) is 13.8 Å². The van der Waals surface area contributed by atoms with Crippen LogP contribution in [0.25, 0.3) is 0 Å². The lowest BCUT2D eigenvalue weighted by molar-refractivity contribution is 0.488. The maximum Gasteiger partial charge on any atom is 0.105 e. The highest BCUT2D eigenvalue weighted by molar-refractivity contribution is 5.33. The lowest BCUT2D eigenvalue weighted by atomic mass is 9.97. The second kappa shape index (κ2) is 4.54. The van der Waals surface area contributed by atoms with Crippen LogP contribution in [0.2, 0.25) is 0 Å². The van der Waals surface area contributed by atoms with Crippen molar-refractivity contribution in [2.45, 2.75) is 26.3 Å². The zero-order chi connectivity index (χ0) is 11.5. The first-order valence-corrected chi connectivity index (χ1v) is 5.52. The van der Waals surface area contributed by atoms with E-state index in [2.05, 4.69) is 32.0 Å². The molecule has 16 heavy (non-hydrogen) atoms. The standard InChI is InChI=1S/C14H17NO/c1-10-5-6-11(2)13(8-10)14(15)9-12-4-3-7-16-12/h3-8,14H,9,15H2,1-2H3. The van der Waals surface area contributed by atoms with Crippen LogP contribution < -0.4 is 5.73 Å². The molecule has 0 fully saturated rings. The van der Waals surface area contributed by atoms with Gasteiger partial charge in [-0.2, -0.15) is 0 Å². The molecule has 84 valence electrons. The summed E-state index contributed by atoms with van der Waals surface area (Å²) in [4.78, 5) is 0. The fourth-order valence-corrected chi connectivity index (χ4v) is 1.91. The van der Waals surface area contributed by atoms with Gasteiger partial charge < -0.3 is 10.2 Å². The average molecular weight is 215 g/mol. The lowest BCUT2D eigenvalue weighted by Gasteiger charge is -2.14. The Kier molecular flexibility index (Phi) is 3.11. The summed E-state index contributed by atoms with van der Waals surface area (Å²) in [6.07, 6.45) is 2.43. The second-order valence-corrected chi connectivity index (χ2v) is 4.25. The molecule has 0 aliphatic carbocycles. The molecule has 2 nitrogen and oxygen atoms in total. The molecule has 2 rings (SSSR count). The Balaban J connectivity index is 2.20. The van der Waals surface area contributed by atoms with Crippen molar-refractivity contribution in [3.63, 3.8) is 0 Å². The van der Waals surface area contributed by atoms with Gasteiger partial charge in [0.25, 0.3) is 0 Å². The van der Waals surface area contributed by atoms with E-state index in [1.165, 1.54) is 16.7 Å². The van der Waals surface area contributed by atoms with Crippen molar-refractivity contribution in [2.24, 2.45) is 5.73 Å². The van der Waals surface area contributed by atoms with Gasteiger partial charge in [-0.3, -0.25) is 0 Å². The minimum atomic E-state index is 0.00560. The van der Waals surface area contributed by atoms with Crippen LogP contribution in [0.3, 0.4) is 0 Å². The molecule has 0 aliphatic heterocycles. The van der Waals surface area contributed by atoms with E-state index in [4.69, 9.17) is 10.2 Å². The van der Waals surface area contributed by atoms with E-state index in [1.807, 2.05) is 12.1 Å². The quantitative estimate of drug-likeness (QED) is 0.854. The van der Waals surface area contributed by atoms with Gasteiger partial charge in [0.1, 0.15) is 5.76 Å². The summed E-state index contributed by atoms with van der Waals surface area (Å²) in [5, 5.41) is 0. The third kappa shape index (κ3) is 2.34. The van der Waals surface area contributed by atoms with Crippen LogP contribution in [0.4, 0.5) is 0 Å². The molecule has 0 aliphatic rings. The summed E-state index contributed by atoms with van der Waals surface area (Å²) in [5.74, 6) is 0.938. The van der Waals surface area contributed by atoms with Crippen LogP contribution in [0.1, 0.15) is 28.5 Å². The maximum atomic E-state index is 6.20. The van der Waals surface area contributed by atoms with Gasteiger partial charge >= 0.3 is 0 Å². The molecule has 0 spiro atoms. The largest absolute Gasteiger partial charge is 0.469 e. The first kappa shape index (κ1) is 11.0. The highest BCUT2D eigenvalue weighted by Gasteiger charge is 2.11. The van der Waals surface area contributed by atoms with Crippen molar-refractivity contribution in [1.29, 1.82) is 0 Å². The van der Waals surface area contributed by atoms with Gasteiger partial charge in [0.15, 0.2) is 0 Å². The number of nitrogens with two attached hydrogens (primary N) is 1. The van der Waals surface area contributed by atoms with Gasteiger partial charge in [-0.05, 0) is 37.1 Å². The molecule has 2 heteroatoms. The molecule has 1 aromatic carbocycles. The zero-order valence-corrected chi connectivity index (χ0v) is 9.73. The van der Waals surface area contributed by atoms with Crippen LogP contribution in [0.5, 0.6) is 0 Å². The molecule has 0 amide bonds. The second-order valence-electron chi connectivity index (χ2n) is 4.25. The van der Waals surface area contributed by atoms with Gasteiger partial charge in [0.05, 0.1) is 6.26 Å². The summed E-state index contributed by atoms with van der Waals surface area (Å²) in [7, 11) is 0. The summed E-state index contributed by atoms with van der Waals surface area (Å²) in [6.45, 7) is 4.18. The van der Waals surface area contributed by atoms with Crippen LogP contribution in [0.15, 0.2) is 41.0 Å². The van der Waals surface area contributed by atoms with Crippen molar-refractivity contribution in [1.82, 2.24) is 0 Å². The SMILES string of the molecule is Cc1ccc(C)c(C(N)Cc2ccco2)c1.